The number of carbonyl (C=O) groups excluding carboxylic acids is 2. The van der Waals surface area contributed by atoms with E-state index >= 15 is 0 Å². The number of rotatable bonds is 5. The number of carbonyl (C=O) groups is 2. The number of aryl methyl sites for hydroxylation is 2. The molecule has 8 nitrogen and oxygen atoms in total. The van der Waals surface area contributed by atoms with Gasteiger partial charge in [0.05, 0.1) is 11.2 Å². The van der Waals surface area contributed by atoms with Crippen molar-refractivity contribution < 1.29 is 18.9 Å². The van der Waals surface area contributed by atoms with Gasteiger partial charge in [-0.15, -0.1) is 0 Å². The van der Waals surface area contributed by atoms with Crippen molar-refractivity contribution in [3.05, 3.63) is 87.4 Å². The molecule has 0 fully saturated rings. The molecule has 0 aliphatic heterocycles. The lowest BCUT2D eigenvalue weighted by Gasteiger charge is -2.11. The van der Waals surface area contributed by atoms with Gasteiger partial charge in [0, 0.05) is 28.6 Å². The maximum absolute atomic E-state index is 12.5. The Morgan fingerprint density at radius 2 is 1.71 bits per heavy atom. The third-order valence-corrected chi connectivity index (χ3v) is 4.16. The van der Waals surface area contributed by atoms with Crippen molar-refractivity contribution in [3.63, 3.8) is 0 Å². The summed E-state index contributed by atoms with van der Waals surface area (Å²) >= 11 is 0. The van der Waals surface area contributed by atoms with Crippen LogP contribution in [0.3, 0.4) is 0 Å². The van der Waals surface area contributed by atoms with Crippen LogP contribution in [0.4, 0.5) is 17.1 Å². The Labute approximate surface area is 160 Å². The molecule has 3 rings (SSSR count). The quantitative estimate of drug-likeness (QED) is 0.506. The van der Waals surface area contributed by atoms with Crippen LogP contribution < -0.4 is 10.6 Å². The Morgan fingerprint density at radius 3 is 2.39 bits per heavy atom. The first-order valence-corrected chi connectivity index (χ1v) is 8.37. The normalized spacial score (nSPS) is 10.4. The number of nitro groups is 1. The second-order valence-electron chi connectivity index (χ2n) is 6.17. The second kappa shape index (κ2) is 7.75. The zero-order chi connectivity index (χ0) is 20.3. The van der Waals surface area contributed by atoms with E-state index < -0.39 is 16.7 Å². The third kappa shape index (κ3) is 4.07. The van der Waals surface area contributed by atoms with Crippen LogP contribution in [-0.2, 0) is 0 Å². The molecule has 0 bridgehead atoms. The van der Waals surface area contributed by atoms with Gasteiger partial charge in [-0.3, -0.25) is 19.7 Å². The number of nitrogens with zero attached hydrogens (tertiary/aromatic N) is 1. The van der Waals surface area contributed by atoms with Gasteiger partial charge in [0.25, 0.3) is 17.5 Å². The van der Waals surface area contributed by atoms with Gasteiger partial charge in [-0.2, -0.15) is 0 Å². The monoisotopic (exact) mass is 379 g/mol. The van der Waals surface area contributed by atoms with E-state index in [9.17, 15) is 19.7 Å². The topological polar surface area (TPSA) is 114 Å². The van der Waals surface area contributed by atoms with E-state index in [2.05, 4.69) is 10.6 Å². The standard InChI is InChI=1S/C20H17N3O5/c1-12-5-7-14(10-16(12)22-20(25)18-4-3-9-28-18)19(24)21-15-8-6-13(2)17(11-15)23(26)27/h3-11H,1-2H3,(H,21,24)(H,22,25). The number of anilines is 2. The highest BCUT2D eigenvalue weighted by Crippen LogP contribution is 2.24. The summed E-state index contributed by atoms with van der Waals surface area (Å²) in [5, 5.41) is 16.4. The van der Waals surface area contributed by atoms with E-state index in [1.807, 2.05) is 0 Å². The zero-order valence-corrected chi connectivity index (χ0v) is 15.2. The van der Waals surface area contributed by atoms with Crippen LogP contribution in [0.25, 0.3) is 0 Å². The molecule has 8 heteroatoms. The van der Waals surface area contributed by atoms with Gasteiger partial charge in [0.15, 0.2) is 5.76 Å². The van der Waals surface area contributed by atoms with Crippen LogP contribution in [0, 0.1) is 24.0 Å². The summed E-state index contributed by atoms with van der Waals surface area (Å²) in [6.07, 6.45) is 1.40. The summed E-state index contributed by atoms with van der Waals surface area (Å²) in [6, 6.07) is 12.4. The Kier molecular flexibility index (Phi) is 5.21. The van der Waals surface area contributed by atoms with Crippen LogP contribution in [0.2, 0.25) is 0 Å². The molecule has 0 saturated carbocycles. The number of benzene rings is 2. The summed E-state index contributed by atoms with van der Waals surface area (Å²) in [4.78, 5) is 35.3. The molecule has 0 saturated heterocycles. The average Bonchev–Trinajstić information content (AvgIpc) is 3.19. The fraction of sp³-hybridized carbons (Fsp3) is 0.100. The Balaban J connectivity index is 1.80. The van der Waals surface area contributed by atoms with Crippen LogP contribution in [0.1, 0.15) is 32.0 Å². The first-order chi connectivity index (χ1) is 13.3. The van der Waals surface area contributed by atoms with Gasteiger partial charge in [-0.05, 0) is 49.7 Å². The van der Waals surface area contributed by atoms with Crippen molar-refractivity contribution in [3.8, 4) is 0 Å². The fourth-order valence-corrected chi connectivity index (χ4v) is 2.58. The van der Waals surface area contributed by atoms with Crippen molar-refractivity contribution in [2.45, 2.75) is 13.8 Å². The summed E-state index contributed by atoms with van der Waals surface area (Å²) < 4.78 is 5.06. The summed E-state index contributed by atoms with van der Waals surface area (Å²) in [6.45, 7) is 3.42. The minimum atomic E-state index is -0.501. The molecular formula is C20H17N3O5. The smallest absolute Gasteiger partial charge is 0.291 e. The van der Waals surface area contributed by atoms with E-state index in [0.29, 0.717) is 22.5 Å². The first-order valence-electron chi connectivity index (χ1n) is 8.37. The van der Waals surface area contributed by atoms with Crippen molar-refractivity contribution in [2.24, 2.45) is 0 Å². The van der Waals surface area contributed by atoms with E-state index in [0.717, 1.165) is 5.56 Å². The Hall–Kier alpha value is -3.94. The van der Waals surface area contributed by atoms with Crippen molar-refractivity contribution >= 4 is 28.9 Å². The molecule has 1 aromatic heterocycles. The SMILES string of the molecule is Cc1ccc(C(=O)Nc2ccc(C)c([N+](=O)[O-])c2)cc1NC(=O)c1ccco1. The third-order valence-electron chi connectivity index (χ3n) is 4.16. The number of furan rings is 1. The second-order valence-corrected chi connectivity index (χ2v) is 6.17. The van der Waals surface area contributed by atoms with Gasteiger partial charge >= 0.3 is 0 Å². The molecule has 0 aliphatic rings. The van der Waals surface area contributed by atoms with Gasteiger partial charge in [-0.25, -0.2) is 0 Å². The Morgan fingerprint density at radius 1 is 0.964 bits per heavy atom. The lowest BCUT2D eigenvalue weighted by Crippen LogP contribution is -2.15. The largest absolute Gasteiger partial charge is 0.459 e. The molecule has 2 N–H and O–H groups in total. The fourth-order valence-electron chi connectivity index (χ4n) is 2.58. The number of nitro benzene ring substituents is 1. The van der Waals surface area contributed by atoms with E-state index in [1.54, 1.807) is 44.2 Å². The molecule has 0 atom stereocenters. The van der Waals surface area contributed by atoms with Crippen molar-refractivity contribution in [1.82, 2.24) is 0 Å². The van der Waals surface area contributed by atoms with Gasteiger partial charge in [0.2, 0.25) is 0 Å². The average molecular weight is 379 g/mol. The molecular weight excluding hydrogens is 362 g/mol. The number of amides is 2. The van der Waals surface area contributed by atoms with E-state index in [4.69, 9.17) is 4.42 Å². The molecule has 28 heavy (non-hydrogen) atoms. The zero-order valence-electron chi connectivity index (χ0n) is 15.2. The molecule has 142 valence electrons. The molecule has 2 amide bonds. The van der Waals surface area contributed by atoms with Gasteiger partial charge in [-0.1, -0.05) is 12.1 Å². The molecule has 0 radical (unpaired) electrons. The van der Waals surface area contributed by atoms with Crippen LogP contribution in [-0.4, -0.2) is 16.7 Å². The number of hydrogen-bond acceptors (Lipinski definition) is 5. The molecule has 3 aromatic rings. The predicted octanol–water partition coefficient (Wildman–Crippen LogP) is 4.31. The molecule has 0 spiro atoms. The van der Waals surface area contributed by atoms with Crippen LogP contribution >= 0.6 is 0 Å². The lowest BCUT2D eigenvalue weighted by atomic mass is 10.1. The van der Waals surface area contributed by atoms with E-state index in [1.165, 1.54) is 24.5 Å². The van der Waals surface area contributed by atoms with Crippen LogP contribution in [0.15, 0.2) is 59.2 Å². The summed E-state index contributed by atoms with van der Waals surface area (Å²) in [7, 11) is 0. The highest BCUT2D eigenvalue weighted by atomic mass is 16.6. The molecule has 2 aromatic carbocycles. The Bertz CT molecular complexity index is 1060. The van der Waals surface area contributed by atoms with Crippen LogP contribution in [0.5, 0.6) is 0 Å². The highest BCUT2D eigenvalue weighted by Gasteiger charge is 2.15. The molecule has 1 heterocycles. The highest BCUT2D eigenvalue weighted by molar-refractivity contribution is 6.07. The molecule has 0 unspecified atom stereocenters. The maximum atomic E-state index is 12.5. The summed E-state index contributed by atoms with van der Waals surface area (Å²) in [5.74, 6) is -0.729. The van der Waals surface area contributed by atoms with Gasteiger partial charge < -0.3 is 15.1 Å². The number of hydrogen-bond donors (Lipinski definition) is 2. The predicted molar refractivity (Wildman–Crippen MR) is 104 cm³/mol. The number of nitrogens with one attached hydrogen (secondary N) is 2. The molecule has 0 aliphatic carbocycles. The lowest BCUT2D eigenvalue weighted by molar-refractivity contribution is -0.385. The van der Waals surface area contributed by atoms with E-state index in [-0.39, 0.29) is 11.4 Å². The minimum absolute atomic E-state index is 0.0758. The van der Waals surface area contributed by atoms with Crippen molar-refractivity contribution in [1.29, 1.82) is 0 Å². The minimum Gasteiger partial charge on any atom is -0.459 e. The van der Waals surface area contributed by atoms with Gasteiger partial charge in [0.1, 0.15) is 0 Å². The summed E-state index contributed by atoms with van der Waals surface area (Å²) in [5.41, 5.74) is 2.26. The maximum Gasteiger partial charge on any atom is 0.291 e. The first kappa shape index (κ1) is 18.8. The van der Waals surface area contributed by atoms with Crippen molar-refractivity contribution in [2.75, 3.05) is 10.6 Å².